The molecule has 0 spiro atoms. The van der Waals surface area contributed by atoms with Crippen LogP contribution in [0, 0.1) is 0 Å². The summed E-state index contributed by atoms with van der Waals surface area (Å²) in [6.45, 7) is 0. The van der Waals surface area contributed by atoms with Gasteiger partial charge in [-0.05, 0) is 47.0 Å². The fraction of sp³-hybridized carbons (Fsp3) is 0.417. The lowest BCUT2D eigenvalue weighted by Crippen LogP contribution is -2.37. The summed E-state index contributed by atoms with van der Waals surface area (Å²) in [6, 6.07) is 5.99. The summed E-state index contributed by atoms with van der Waals surface area (Å²) in [7, 11) is 0. The summed E-state index contributed by atoms with van der Waals surface area (Å²) in [6.07, 6.45) is 4.76. The quantitative estimate of drug-likeness (QED) is 0.337. The summed E-state index contributed by atoms with van der Waals surface area (Å²) >= 11 is 9.39. The Morgan fingerprint density at radius 2 is 2.11 bits per heavy atom. The molecule has 1 fully saturated rings. The minimum Gasteiger partial charge on any atom is -0.325 e. The van der Waals surface area contributed by atoms with E-state index >= 15 is 0 Å². The Balaban J connectivity index is 2.07. The lowest BCUT2D eigenvalue weighted by Gasteiger charge is -2.12. The third-order valence-corrected chi connectivity index (χ3v) is 4.19. The van der Waals surface area contributed by atoms with Gasteiger partial charge >= 0.3 is 0 Å². The van der Waals surface area contributed by atoms with E-state index in [0.717, 1.165) is 23.0 Å². The molecular formula is C12H16BrClN4. The van der Waals surface area contributed by atoms with Crippen LogP contribution in [-0.2, 0) is 0 Å². The van der Waals surface area contributed by atoms with Crippen molar-refractivity contribution in [3.05, 3.63) is 27.7 Å². The predicted molar refractivity (Wildman–Crippen MR) is 79.8 cm³/mol. The average Bonchev–Trinajstić information content (AvgIpc) is 2.86. The van der Waals surface area contributed by atoms with Crippen LogP contribution < -0.4 is 16.6 Å². The first-order chi connectivity index (χ1) is 8.69. The molecule has 1 aliphatic carbocycles. The Labute approximate surface area is 120 Å². The number of rotatable bonds is 2. The number of aliphatic imine (C=N–C) groups is 1. The Bertz CT molecular complexity index is 444. The number of halogens is 2. The SMILES string of the molecule is NNC(=NC1CCCC1)Nc1ccc(Br)c(Cl)c1. The number of nitrogens with two attached hydrogens (primary N) is 1. The molecule has 98 valence electrons. The van der Waals surface area contributed by atoms with Crippen molar-refractivity contribution in [2.24, 2.45) is 10.8 Å². The molecule has 0 aliphatic heterocycles. The van der Waals surface area contributed by atoms with Gasteiger partial charge in [0.25, 0.3) is 0 Å². The summed E-state index contributed by atoms with van der Waals surface area (Å²) < 4.78 is 0.865. The van der Waals surface area contributed by atoms with Crippen molar-refractivity contribution >= 4 is 39.2 Å². The van der Waals surface area contributed by atoms with Crippen LogP contribution in [0.3, 0.4) is 0 Å². The van der Waals surface area contributed by atoms with E-state index in [4.69, 9.17) is 17.4 Å². The molecule has 4 N–H and O–H groups in total. The zero-order valence-corrected chi connectivity index (χ0v) is 12.3. The Kier molecular flexibility index (Phi) is 4.86. The van der Waals surface area contributed by atoms with Crippen LogP contribution in [0.1, 0.15) is 25.7 Å². The smallest absolute Gasteiger partial charge is 0.210 e. The van der Waals surface area contributed by atoms with Crippen LogP contribution in [-0.4, -0.2) is 12.0 Å². The molecule has 4 nitrogen and oxygen atoms in total. The highest BCUT2D eigenvalue weighted by Crippen LogP contribution is 2.25. The molecule has 0 atom stereocenters. The first kappa shape index (κ1) is 13.6. The van der Waals surface area contributed by atoms with E-state index < -0.39 is 0 Å². The van der Waals surface area contributed by atoms with Crippen molar-refractivity contribution in [2.45, 2.75) is 31.7 Å². The second-order valence-corrected chi connectivity index (χ2v) is 5.58. The molecule has 6 heteroatoms. The van der Waals surface area contributed by atoms with Gasteiger partial charge in [0.05, 0.1) is 11.1 Å². The number of nitrogens with zero attached hydrogens (tertiary/aromatic N) is 1. The molecule has 1 aromatic rings. The third-order valence-electron chi connectivity index (χ3n) is 2.96. The van der Waals surface area contributed by atoms with Gasteiger partial charge in [-0.15, -0.1) is 0 Å². The Hall–Kier alpha value is -0.780. The standard InChI is InChI=1S/C12H16BrClN4/c13-10-6-5-9(7-11(10)14)17-12(18-15)16-8-3-1-2-4-8/h5-8H,1-4,15H2,(H2,16,17,18). The first-order valence-corrected chi connectivity index (χ1v) is 7.12. The van der Waals surface area contributed by atoms with Gasteiger partial charge in [-0.1, -0.05) is 24.4 Å². The summed E-state index contributed by atoms with van der Waals surface area (Å²) in [5, 5.41) is 3.78. The maximum atomic E-state index is 6.03. The molecule has 0 heterocycles. The molecule has 18 heavy (non-hydrogen) atoms. The maximum absolute atomic E-state index is 6.03. The van der Waals surface area contributed by atoms with Crippen LogP contribution in [0.5, 0.6) is 0 Å². The number of anilines is 1. The third kappa shape index (κ3) is 3.60. The van der Waals surface area contributed by atoms with Crippen LogP contribution in [0.25, 0.3) is 0 Å². The normalized spacial score (nSPS) is 16.9. The summed E-state index contributed by atoms with van der Waals surface area (Å²) in [5.41, 5.74) is 3.45. The van der Waals surface area contributed by atoms with E-state index in [1.165, 1.54) is 12.8 Å². The molecule has 0 radical (unpaired) electrons. The average molecular weight is 332 g/mol. The van der Waals surface area contributed by atoms with Gasteiger partial charge < -0.3 is 5.32 Å². The lowest BCUT2D eigenvalue weighted by molar-refractivity contribution is 0.700. The number of hydrogen-bond acceptors (Lipinski definition) is 2. The Morgan fingerprint density at radius 1 is 1.39 bits per heavy atom. The molecule has 0 bridgehead atoms. The van der Waals surface area contributed by atoms with Crippen LogP contribution in [0.15, 0.2) is 27.7 Å². The van der Waals surface area contributed by atoms with Crippen molar-refractivity contribution < 1.29 is 0 Å². The minimum atomic E-state index is 0.370. The molecular weight excluding hydrogens is 316 g/mol. The van der Waals surface area contributed by atoms with Gasteiger partial charge in [-0.25, -0.2) is 10.8 Å². The molecule has 0 aromatic heterocycles. The van der Waals surface area contributed by atoms with E-state index in [-0.39, 0.29) is 0 Å². The molecule has 0 saturated heterocycles. The summed E-state index contributed by atoms with van der Waals surface area (Å²) in [5.74, 6) is 6.06. The highest BCUT2D eigenvalue weighted by Gasteiger charge is 2.14. The molecule has 1 aromatic carbocycles. The largest absolute Gasteiger partial charge is 0.325 e. The highest BCUT2D eigenvalue weighted by atomic mass is 79.9. The number of benzene rings is 1. The predicted octanol–water partition coefficient (Wildman–Crippen LogP) is 3.28. The van der Waals surface area contributed by atoms with Gasteiger partial charge in [0, 0.05) is 10.2 Å². The van der Waals surface area contributed by atoms with Crippen molar-refractivity contribution in [1.29, 1.82) is 0 Å². The molecule has 0 amide bonds. The van der Waals surface area contributed by atoms with E-state index in [2.05, 4.69) is 31.7 Å². The monoisotopic (exact) mass is 330 g/mol. The Morgan fingerprint density at radius 3 is 2.72 bits per heavy atom. The topological polar surface area (TPSA) is 62.4 Å². The van der Waals surface area contributed by atoms with Gasteiger partial charge in [0.1, 0.15) is 0 Å². The minimum absolute atomic E-state index is 0.370. The number of nitrogens with one attached hydrogen (secondary N) is 2. The van der Waals surface area contributed by atoms with E-state index in [1.54, 1.807) is 0 Å². The molecule has 1 saturated carbocycles. The highest BCUT2D eigenvalue weighted by molar-refractivity contribution is 9.10. The zero-order chi connectivity index (χ0) is 13.0. The molecule has 2 rings (SSSR count). The van der Waals surface area contributed by atoms with E-state index in [9.17, 15) is 0 Å². The van der Waals surface area contributed by atoms with Crippen LogP contribution in [0.4, 0.5) is 5.69 Å². The van der Waals surface area contributed by atoms with Crippen LogP contribution in [0.2, 0.25) is 5.02 Å². The van der Waals surface area contributed by atoms with E-state index in [1.807, 2.05) is 18.2 Å². The fourth-order valence-corrected chi connectivity index (χ4v) is 2.46. The molecule has 0 unspecified atom stereocenters. The second kappa shape index (κ2) is 6.41. The fourth-order valence-electron chi connectivity index (χ4n) is 2.03. The van der Waals surface area contributed by atoms with Crippen molar-refractivity contribution in [3.63, 3.8) is 0 Å². The zero-order valence-electron chi connectivity index (χ0n) is 9.92. The first-order valence-electron chi connectivity index (χ1n) is 5.95. The van der Waals surface area contributed by atoms with E-state index in [0.29, 0.717) is 17.0 Å². The van der Waals surface area contributed by atoms with Gasteiger partial charge in [-0.2, -0.15) is 0 Å². The second-order valence-electron chi connectivity index (χ2n) is 4.31. The van der Waals surface area contributed by atoms with Crippen molar-refractivity contribution in [3.8, 4) is 0 Å². The number of hydrazine groups is 1. The van der Waals surface area contributed by atoms with Gasteiger partial charge in [0.15, 0.2) is 0 Å². The van der Waals surface area contributed by atoms with Gasteiger partial charge in [-0.3, -0.25) is 5.43 Å². The number of guanidine groups is 1. The van der Waals surface area contributed by atoms with Gasteiger partial charge in [0.2, 0.25) is 5.96 Å². The lowest BCUT2D eigenvalue weighted by atomic mass is 10.3. The van der Waals surface area contributed by atoms with Crippen molar-refractivity contribution in [1.82, 2.24) is 5.43 Å². The summed E-state index contributed by atoms with van der Waals surface area (Å²) in [4.78, 5) is 4.56. The number of hydrogen-bond donors (Lipinski definition) is 3. The van der Waals surface area contributed by atoms with Crippen molar-refractivity contribution in [2.75, 3.05) is 5.32 Å². The maximum Gasteiger partial charge on any atom is 0.210 e. The molecule has 1 aliphatic rings. The van der Waals surface area contributed by atoms with Crippen LogP contribution >= 0.6 is 27.5 Å².